The molecular formula is C20H25Cl2F2N3O. The Hall–Kier alpha value is -1.73. The maximum absolute atomic E-state index is 13.9. The van der Waals surface area contributed by atoms with Crippen molar-refractivity contribution in [1.29, 1.82) is 0 Å². The summed E-state index contributed by atoms with van der Waals surface area (Å²) in [5.74, 6) is -1.32. The molecule has 1 aliphatic rings. The molecule has 8 heteroatoms. The van der Waals surface area contributed by atoms with Crippen molar-refractivity contribution in [2.45, 2.75) is 31.5 Å². The van der Waals surface area contributed by atoms with Gasteiger partial charge in [-0.25, -0.2) is 8.78 Å². The molecule has 1 amide bonds. The summed E-state index contributed by atoms with van der Waals surface area (Å²) in [5.41, 5.74) is 6.85. The predicted octanol–water partition coefficient (Wildman–Crippen LogP) is 3.59. The highest BCUT2D eigenvalue weighted by Crippen LogP contribution is 2.19. The number of carbonyl (C=O) groups is 1. The number of benzene rings is 2. The lowest BCUT2D eigenvalue weighted by atomic mass is 10.0. The number of rotatable bonds is 5. The molecule has 0 aromatic heterocycles. The van der Waals surface area contributed by atoms with Crippen molar-refractivity contribution < 1.29 is 13.6 Å². The van der Waals surface area contributed by atoms with Crippen LogP contribution in [0.5, 0.6) is 0 Å². The second kappa shape index (κ2) is 11.3. The van der Waals surface area contributed by atoms with E-state index in [1.165, 1.54) is 18.2 Å². The zero-order chi connectivity index (χ0) is 18.5. The summed E-state index contributed by atoms with van der Waals surface area (Å²) in [4.78, 5) is 14.4. The quantitative estimate of drug-likeness (QED) is 0.760. The molecule has 0 bridgehead atoms. The molecule has 1 fully saturated rings. The number of amides is 1. The van der Waals surface area contributed by atoms with Gasteiger partial charge in [0, 0.05) is 24.7 Å². The molecule has 2 unspecified atom stereocenters. The van der Waals surface area contributed by atoms with Gasteiger partial charge in [-0.2, -0.15) is 0 Å². The van der Waals surface area contributed by atoms with E-state index in [9.17, 15) is 13.6 Å². The van der Waals surface area contributed by atoms with Crippen LogP contribution in [0.3, 0.4) is 0 Å². The lowest BCUT2D eigenvalue weighted by Crippen LogP contribution is -2.49. The van der Waals surface area contributed by atoms with Gasteiger partial charge in [-0.05, 0) is 37.1 Å². The molecule has 2 aromatic rings. The van der Waals surface area contributed by atoms with Gasteiger partial charge in [0.1, 0.15) is 17.7 Å². The van der Waals surface area contributed by atoms with Gasteiger partial charge in [0.2, 0.25) is 5.91 Å². The van der Waals surface area contributed by atoms with Gasteiger partial charge in [0.15, 0.2) is 0 Å². The van der Waals surface area contributed by atoms with E-state index in [1.54, 1.807) is 0 Å². The third kappa shape index (κ3) is 6.14. The first-order valence-electron chi connectivity index (χ1n) is 8.80. The minimum atomic E-state index is -0.726. The topological polar surface area (TPSA) is 58.4 Å². The van der Waals surface area contributed by atoms with Crippen molar-refractivity contribution in [3.63, 3.8) is 0 Å². The van der Waals surface area contributed by atoms with Crippen LogP contribution in [0, 0.1) is 11.6 Å². The van der Waals surface area contributed by atoms with Crippen LogP contribution in [0.2, 0.25) is 0 Å². The van der Waals surface area contributed by atoms with E-state index in [-0.39, 0.29) is 48.9 Å². The van der Waals surface area contributed by atoms with Gasteiger partial charge in [-0.15, -0.1) is 24.8 Å². The number of hydrogen-bond donors (Lipinski definition) is 2. The third-order valence-corrected chi connectivity index (χ3v) is 4.74. The first-order chi connectivity index (χ1) is 12.5. The van der Waals surface area contributed by atoms with E-state index in [2.05, 4.69) is 5.32 Å². The minimum absolute atomic E-state index is 0. The van der Waals surface area contributed by atoms with Gasteiger partial charge in [0.05, 0.1) is 0 Å². The van der Waals surface area contributed by atoms with Crippen molar-refractivity contribution in [3.8, 4) is 0 Å². The van der Waals surface area contributed by atoms with E-state index in [1.807, 2.05) is 35.2 Å². The van der Waals surface area contributed by atoms with Crippen molar-refractivity contribution >= 4 is 30.7 Å². The lowest BCUT2D eigenvalue weighted by molar-refractivity contribution is -0.123. The Bertz CT molecular complexity index is 744. The molecule has 0 radical (unpaired) electrons. The first kappa shape index (κ1) is 24.3. The second-order valence-electron chi connectivity index (χ2n) is 6.67. The molecule has 2 atom stereocenters. The van der Waals surface area contributed by atoms with Gasteiger partial charge in [0.25, 0.3) is 0 Å². The van der Waals surface area contributed by atoms with Crippen LogP contribution < -0.4 is 11.1 Å². The van der Waals surface area contributed by atoms with Crippen LogP contribution in [0.1, 0.15) is 30.0 Å². The molecule has 0 spiro atoms. The molecule has 3 N–H and O–H groups in total. The van der Waals surface area contributed by atoms with Gasteiger partial charge in [-0.3, -0.25) is 9.69 Å². The molecular weight excluding hydrogens is 407 g/mol. The van der Waals surface area contributed by atoms with Crippen LogP contribution >= 0.6 is 24.8 Å². The Morgan fingerprint density at radius 1 is 1.11 bits per heavy atom. The zero-order valence-electron chi connectivity index (χ0n) is 15.3. The maximum atomic E-state index is 13.9. The lowest BCUT2D eigenvalue weighted by Gasteiger charge is -2.33. The molecule has 28 heavy (non-hydrogen) atoms. The molecule has 2 aromatic carbocycles. The monoisotopic (exact) mass is 431 g/mol. The molecule has 3 rings (SSSR count). The highest BCUT2D eigenvalue weighted by atomic mass is 35.5. The Balaban J connectivity index is 0.00000196. The molecule has 1 heterocycles. The minimum Gasteiger partial charge on any atom is -0.350 e. The number of halogens is 4. The van der Waals surface area contributed by atoms with E-state index < -0.39 is 17.7 Å². The van der Waals surface area contributed by atoms with Crippen LogP contribution in [0.25, 0.3) is 0 Å². The average Bonchev–Trinajstić information content (AvgIpc) is 2.65. The summed E-state index contributed by atoms with van der Waals surface area (Å²) >= 11 is 0. The Labute approximate surface area is 176 Å². The normalized spacial score (nSPS) is 17.8. The van der Waals surface area contributed by atoms with E-state index in [0.29, 0.717) is 6.54 Å². The Morgan fingerprint density at radius 3 is 2.39 bits per heavy atom. The summed E-state index contributed by atoms with van der Waals surface area (Å²) < 4.78 is 27.7. The molecule has 0 saturated carbocycles. The maximum Gasteiger partial charge on any atom is 0.241 e. The van der Waals surface area contributed by atoms with Crippen molar-refractivity contribution in [3.05, 3.63) is 71.3 Å². The van der Waals surface area contributed by atoms with E-state index in [4.69, 9.17) is 5.73 Å². The Morgan fingerprint density at radius 2 is 1.75 bits per heavy atom. The fraction of sp³-hybridized carbons (Fsp3) is 0.350. The van der Waals surface area contributed by atoms with Crippen molar-refractivity contribution in [2.24, 2.45) is 5.73 Å². The second-order valence-corrected chi connectivity index (χ2v) is 6.67. The van der Waals surface area contributed by atoms with Crippen LogP contribution in [0.15, 0.2) is 48.5 Å². The summed E-state index contributed by atoms with van der Waals surface area (Å²) in [7, 11) is 0. The summed E-state index contributed by atoms with van der Waals surface area (Å²) in [6.07, 6.45) is 1.67. The summed E-state index contributed by atoms with van der Waals surface area (Å²) in [5, 5.41) is 2.97. The number of hydrogen-bond acceptors (Lipinski definition) is 3. The average molecular weight is 432 g/mol. The van der Waals surface area contributed by atoms with E-state index >= 15 is 0 Å². The van der Waals surface area contributed by atoms with Crippen molar-refractivity contribution in [1.82, 2.24) is 10.2 Å². The standard InChI is InChI=1S/C20H23F2N3O.2ClH/c21-17-9-4-10-18(22)16(17)13-25-11-5-8-15(12-25)24-20(26)19(23)14-6-2-1-3-7-14;;/h1-4,6-7,9-10,15,19H,5,8,11-13,23H2,(H,24,26);2*1H. The van der Waals surface area contributed by atoms with Crippen LogP contribution in [0.4, 0.5) is 8.78 Å². The Kier molecular flexibility index (Phi) is 9.82. The number of piperidine rings is 1. The van der Waals surface area contributed by atoms with E-state index in [0.717, 1.165) is 24.9 Å². The highest BCUT2D eigenvalue weighted by molar-refractivity contribution is 5.85. The van der Waals surface area contributed by atoms with Gasteiger partial charge in [-0.1, -0.05) is 36.4 Å². The fourth-order valence-electron chi connectivity index (χ4n) is 3.33. The molecule has 0 aliphatic carbocycles. The number of nitrogens with one attached hydrogen (secondary N) is 1. The smallest absolute Gasteiger partial charge is 0.241 e. The highest BCUT2D eigenvalue weighted by Gasteiger charge is 2.25. The zero-order valence-corrected chi connectivity index (χ0v) is 16.9. The summed E-state index contributed by atoms with van der Waals surface area (Å²) in [6, 6.07) is 12.3. The molecule has 4 nitrogen and oxygen atoms in total. The SMILES string of the molecule is Cl.Cl.NC(C(=O)NC1CCCN(Cc2c(F)cccc2F)C1)c1ccccc1. The first-order valence-corrected chi connectivity index (χ1v) is 8.80. The fourth-order valence-corrected chi connectivity index (χ4v) is 3.33. The third-order valence-electron chi connectivity index (χ3n) is 4.74. The van der Waals surface area contributed by atoms with Crippen LogP contribution in [-0.4, -0.2) is 29.9 Å². The van der Waals surface area contributed by atoms with Gasteiger partial charge >= 0.3 is 0 Å². The largest absolute Gasteiger partial charge is 0.350 e. The molecule has 1 aliphatic heterocycles. The van der Waals surface area contributed by atoms with Crippen LogP contribution in [-0.2, 0) is 11.3 Å². The number of nitrogens with zero attached hydrogens (tertiary/aromatic N) is 1. The molecule has 1 saturated heterocycles. The molecule has 154 valence electrons. The van der Waals surface area contributed by atoms with Crippen molar-refractivity contribution in [2.75, 3.05) is 13.1 Å². The summed E-state index contributed by atoms with van der Waals surface area (Å²) in [6.45, 7) is 1.47. The van der Waals surface area contributed by atoms with Gasteiger partial charge < -0.3 is 11.1 Å². The number of nitrogens with two attached hydrogens (primary N) is 1. The number of likely N-dealkylation sites (tertiary alicyclic amines) is 1. The number of carbonyl (C=O) groups excluding carboxylic acids is 1. The predicted molar refractivity (Wildman–Crippen MR) is 111 cm³/mol.